The number of rotatable bonds is 2. The Labute approximate surface area is 103 Å². The molecule has 0 radical (unpaired) electrons. The molecule has 0 atom stereocenters. The van der Waals surface area contributed by atoms with Crippen LogP contribution in [0.4, 0.5) is 0 Å². The highest BCUT2D eigenvalue weighted by Gasteiger charge is 2.20. The fraction of sp³-hybridized carbons (Fsp3) is 0.467. The molecule has 2 heteroatoms. The molecule has 0 amide bonds. The number of hydrogen-bond acceptors (Lipinski definition) is 2. The molecule has 92 valence electrons. The number of carbonyl (C=O) groups is 2. The molecule has 1 aromatic carbocycles. The summed E-state index contributed by atoms with van der Waals surface area (Å²) in [5, 5.41) is 0. The van der Waals surface area contributed by atoms with Gasteiger partial charge in [-0.3, -0.25) is 9.59 Å². The molecule has 0 aliphatic heterocycles. The van der Waals surface area contributed by atoms with E-state index in [9.17, 15) is 9.59 Å². The Hall–Kier alpha value is -1.44. The van der Waals surface area contributed by atoms with Crippen LogP contribution in [0.15, 0.2) is 12.1 Å². The summed E-state index contributed by atoms with van der Waals surface area (Å²) in [5.74, 6) is -0.792. The predicted molar refractivity (Wildman–Crippen MR) is 69.6 cm³/mol. The number of benzene rings is 1. The lowest BCUT2D eigenvalue weighted by molar-refractivity contribution is -0.113. The van der Waals surface area contributed by atoms with Crippen LogP contribution in [0.2, 0.25) is 0 Å². The second-order valence-electron chi connectivity index (χ2n) is 5.62. The van der Waals surface area contributed by atoms with E-state index in [2.05, 4.69) is 20.8 Å². The third kappa shape index (κ3) is 2.82. The third-order valence-electron chi connectivity index (χ3n) is 2.95. The monoisotopic (exact) mass is 232 g/mol. The van der Waals surface area contributed by atoms with Gasteiger partial charge in [0.25, 0.3) is 0 Å². The normalized spacial score (nSPS) is 11.4. The molecule has 0 heterocycles. The first-order valence-corrected chi connectivity index (χ1v) is 5.81. The van der Waals surface area contributed by atoms with Crippen molar-refractivity contribution in [2.24, 2.45) is 0 Å². The van der Waals surface area contributed by atoms with E-state index < -0.39 is 5.78 Å². The molecule has 0 saturated carbocycles. The summed E-state index contributed by atoms with van der Waals surface area (Å²) in [7, 11) is 0. The van der Waals surface area contributed by atoms with Gasteiger partial charge in [0.2, 0.25) is 5.78 Å². The highest BCUT2D eigenvalue weighted by atomic mass is 16.2. The van der Waals surface area contributed by atoms with Gasteiger partial charge in [-0.25, -0.2) is 0 Å². The molecule has 0 fully saturated rings. The highest BCUT2D eigenvalue weighted by Crippen LogP contribution is 2.27. The van der Waals surface area contributed by atoms with E-state index in [0.717, 1.165) is 11.1 Å². The van der Waals surface area contributed by atoms with Crippen molar-refractivity contribution in [3.05, 3.63) is 34.4 Å². The SMILES string of the molecule is CC(=O)C(=O)c1c(C)cc(C(C)(C)C)cc1C. The summed E-state index contributed by atoms with van der Waals surface area (Å²) < 4.78 is 0. The van der Waals surface area contributed by atoms with Crippen molar-refractivity contribution in [1.29, 1.82) is 0 Å². The largest absolute Gasteiger partial charge is 0.291 e. The van der Waals surface area contributed by atoms with Crippen LogP contribution in [-0.4, -0.2) is 11.6 Å². The first kappa shape index (κ1) is 13.6. The standard InChI is InChI=1S/C15H20O2/c1-9-7-12(15(4,5)6)8-10(2)13(9)14(17)11(3)16/h7-8H,1-6H3. The van der Waals surface area contributed by atoms with Gasteiger partial charge in [0.05, 0.1) is 0 Å². The van der Waals surface area contributed by atoms with Crippen molar-refractivity contribution in [2.75, 3.05) is 0 Å². The van der Waals surface area contributed by atoms with Gasteiger partial charge in [-0.1, -0.05) is 32.9 Å². The van der Waals surface area contributed by atoms with Gasteiger partial charge in [0.15, 0.2) is 5.78 Å². The average molecular weight is 232 g/mol. The maximum absolute atomic E-state index is 11.8. The fourth-order valence-electron chi connectivity index (χ4n) is 1.93. The molecule has 0 aromatic heterocycles. The van der Waals surface area contributed by atoms with E-state index in [4.69, 9.17) is 0 Å². The van der Waals surface area contributed by atoms with Gasteiger partial charge in [0, 0.05) is 12.5 Å². The quantitative estimate of drug-likeness (QED) is 0.578. The molecule has 1 rings (SSSR count). The molecular formula is C15H20O2. The molecule has 0 aliphatic rings. The lowest BCUT2D eigenvalue weighted by Gasteiger charge is -2.21. The minimum atomic E-state index is -0.403. The molecule has 0 unspecified atom stereocenters. The number of ketones is 2. The Balaban J connectivity index is 3.40. The smallest absolute Gasteiger partial charge is 0.228 e. The minimum Gasteiger partial charge on any atom is -0.291 e. The van der Waals surface area contributed by atoms with E-state index in [1.807, 2.05) is 26.0 Å². The number of carbonyl (C=O) groups excluding carboxylic acids is 2. The van der Waals surface area contributed by atoms with Gasteiger partial charge in [-0.2, -0.15) is 0 Å². The molecule has 0 spiro atoms. The molecule has 2 nitrogen and oxygen atoms in total. The third-order valence-corrected chi connectivity index (χ3v) is 2.95. The lowest BCUT2D eigenvalue weighted by Crippen LogP contribution is -2.17. The highest BCUT2D eigenvalue weighted by molar-refractivity contribution is 6.43. The zero-order chi connectivity index (χ0) is 13.4. The second-order valence-corrected chi connectivity index (χ2v) is 5.62. The maximum atomic E-state index is 11.8. The van der Waals surface area contributed by atoms with Crippen molar-refractivity contribution < 1.29 is 9.59 Å². The van der Waals surface area contributed by atoms with Crippen molar-refractivity contribution >= 4 is 11.6 Å². The summed E-state index contributed by atoms with van der Waals surface area (Å²) >= 11 is 0. The Kier molecular flexibility index (Phi) is 3.56. The minimum absolute atomic E-state index is 0.0489. The predicted octanol–water partition coefficient (Wildman–Crippen LogP) is 3.37. The van der Waals surface area contributed by atoms with Crippen LogP contribution < -0.4 is 0 Å². The van der Waals surface area contributed by atoms with Crippen molar-refractivity contribution in [2.45, 2.75) is 47.0 Å². The van der Waals surface area contributed by atoms with Gasteiger partial charge < -0.3 is 0 Å². The average Bonchev–Trinajstić information content (AvgIpc) is 2.14. The van der Waals surface area contributed by atoms with Crippen LogP contribution in [0.1, 0.15) is 54.7 Å². The summed E-state index contributed by atoms with van der Waals surface area (Å²) in [4.78, 5) is 23.0. The molecule has 0 saturated heterocycles. The van der Waals surface area contributed by atoms with E-state index in [-0.39, 0.29) is 11.2 Å². The maximum Gasteiger partial charge on any atom is 0.228 e. The number of aryl methyl sites for hydroxylation is 2. The molecule has 0 N–H and O–H groups in total. The Morgan fingerprint density at radius 2 is 1.41 bits per heavy atom. The van der Waals surface area contributed by atoms with E-state index in [0.29, 0.717) is 5.56 Å². The molecule has 17 heavy (non-hydrogen) atoms. The summed E-state index contributed by atoms with van der Waals surface area (Å²) in [6.07, 6.45) is 0. The molecule has 0 aliphatic carbocycles. The molecule has 0 bridgehead atoms. The van der Waals surface area contributed by atoms with Crippen LogP contribution in [-0.2, 0) is 10.2 Å². The van der Waals surface area contributed by atoms with Gasteiger partial charge in [-0.15, -0.1) is 0 Å². The van der Waals surface area contributed by atoms with E-state index in [1.54, 1.807) is 0 Å². The summed E-state index contributed by atoms with van der Waals surface area (Å²) in [6, 6.07) is 4.01. The van der Waals surface area contributed by atoms with Gasteiger partial charge in [-0.05, 0) is 36.0 Å². The topological polar surface area (TPSA) is 34.1 Å². The van der Waals surface area contributed by atoms with Crippen molar-refractivity contribution in [3.8, 4) is 0 Å². The van der Waals surface area contributed by atoms with Crippen molar-refractivity contribution in [3.63, 3.8) is 0 Å². The zero-order valence-corrected chi connectivity index (χ0v) is 11.5. The van der Waals surface area contributed by atoms with Crippen LogP contribution in [0.5, 0.6) is 0 Å². The molecular weight excluding hydrogens is 212 g/mol. The van der Waals surface area contributed by atoms with Gasteiger partial charge in [0.1, 0.15) is 0 Å². The first-order valence-electron chi connectivity index (χ1n) is 5.81. The second kappa shape index (κ2) is 4.44. The summed E-state index contributed by atoms with van der Waals surface area (Å²) in [6.45, 7) is 11.5. The number of hydrogen-bond donors (Lipinski definition) is 0. The van der Waals surface area contributed by atoms with E-state index in [1.165, 1.54) is 12.5 Å². The zero-order valence-electron chi connectivity index (χ0n) is 11.5. The van der Waals surface area contributed by atoms with Crippen LogP contribution >= 0.6 is 0 Å². The molecule has 1 aromatic rings. The Bertz CT molecular complexity index is 453. The fourth-order valence-corrected chi connectivity index (χ4v) is 1.93. The van der Waals surface area contributed by atoms with Crippen LogP contribution in [0, 0.1) is 13.8 Å². The Morgan fingerprint density at radius 1 is 1.00 bits per heavy atom. The Morgan fingerprint density at radius 3 is 1.71 bits per heavy atom. The van der Waals surface area contributed by atoms with Crippen LogP contribution in [0.3, 0.4) is 0 Å². The lowest BCUT2D eigenvalue weighted by atomic mass is 9.83. The van der Waals surface area contributed by atoms with Crippen molar-refractivity contribution in [1.82, 2.24) is 0 Å². The summed E-state index contributed by atoms with van der Waals surface area (Å²) in [5.41, 5.74) is 3.57. The first-order chi connectivity index (χ1) is 7.64. The van der Waals surface area contributed by atoms with Gasteiger partial charge >= 0.3 is 0 Å². The van der Waals surface area contributed by atoms with Crippen LogP contribution in [0.25, 0.3) is 0 Å². The van der Waals surface area contributed by atoms with E-state index >= 15 is 0 Å². The number of Topliss-reactive ketones (excluding diaryl/α,β-unsaturated/α-hetero) is 2.